The van der Waals surface area contributed by atoms with Crippen molar-refractivity contribution in [3.05, 3.63) is 248 Å². The van der Waals surface area contributed by atoms with Gasteiger partial charge >= 0.3 is 0 Å². The van der Waals surface area contributed by atoms with Crippen LogP contribution in [0.2, 0.25) is 0 Å². The first-order valence-corrected chi connectivity index (χ1v) is 25.7. The molecule has 13 rings (SSSR count). The third kappa shape index (κ3) is 8.13. The van der Waals surface area contributed by atoms with Crippen LogP contribution in [0.4, 0.5) is 34.1 Å². The second kappa shape index (κ2) is 18.9. The number of fused-ring (bicyclic) bond motifs is 4. The van der Waals surface area contributed by atoms with E-state index in [1.54, 1.807) is 23.5 Å². The van der Waals surface area contributed by atoms with E-state index in [4.69, 9.17) is 15.0 Å². The molecule has 0 saturated heterocycles. The summed E-state index contributed by atoms with van der Waals surface area (Å²) >= 11 is 3.52. The van der Waals surface area contributed by atoms with E-state index in [9.17, 15) is 10.5 Å². The molecule has 1 aromatic heterocycles. The Bertz CT molecular complexity index is 4000. The first-order chi connectivity index (χ1) is 36.6. The molecule has 0 fully saturated rings. The smallest absolute Gasteiger partial charge is 0.166 e. The van der Waals surface area contributed by atoms with Crippen molar-refractivity contribution in [1.29, 1.82) is 10.5 Å². The van der Waals surface area contributed by atoms with Crippen molar-refractivity contribution in [2.45, 2.75) is 19.6 Å². The van der Waals surface area contributed by atoms with Crippen molar-refractivity contribution in [2.75, 3.05) is 9.80 Å². The molecule has 10 aromatic carbocycles. The Morgan fingerprint density at radius 1 is 0.284 bits per heavy atom. The van der Waals surface area contributed by atoms with Gasteiger partial charge in [-0.25, -0.2) is 15.0 Å². The Kier molecular flexibility index (Phi) is 11.4. The molecule has 2 aliphatic rings. The molecule has 74 heavy (non-hydrogen) atoms. The van der Waals surface area contributed by atoms with Crippen LogP contribution in [0.5, 0.6) is 0 Å². The average molecular weight is 982 g/mol. The molecule has 0 amide bonds. The van der Waals surface area contributed by atoms with Gasteiger partial charge in [-0.05, 0) is 130 Å². The third-order valence-corrected chi connectivity index (χ3v) is 15.6. The summed E-state index contributed by atoms with van der Waals surface area (Å²) in [6, 6.07) is 85.7. The SMILES string of the molecule is N#Cc1cccc(-c2ccc(-c3nc(-c4ccc(-c5ccccc5)cc4N4c5ccccc5Sc5ccccc54)nc(-c4ccc(-c5cccc(C#N)c5)cc4N4c5ccccc5Sc5ccccc54)n3)cc2)c1. The van der Waals surface area contributed by atoms with Gasteiger partial charge in [0.05, 0.1) is 57.4 Å². The van der Waals surface area contributed by atoms with Crippen molar-refractivity contribution in [3.8, 4) is 79.7 Å². The van der Waals surface area contributed by atoms with Crippen LogP contribution in [0.15, 0.2) is 256 Å². The summed E-state index contributed by atoms with van der Waals surface area (Å²) in [5, 5.41) is 19.7. The molecule has 0 unspecified atom stereocenters. The number of hydrogen-bond donors (Lipinski definition) is 0. The van der Waals surface area contributed by atoms with Gasteiger partial charge < -0.3 is 9.80 Å². The minimum atomic E-state index is 0.490. The van der Waals surface area contributed by atoms with Crippen LogP contribution >= 0.6 is 23.5 Å². The zero-order valence-electron chi connectivity index (χ0n) is 39.5. The maximum absolute atomic E-state index is 9.99. The van der Waals surface area contributed by atoms with Crippen LogP contribution in [0, 0.1) is 22.7 Å². The predicted molar refractivity (Wildman–Crippen MR) is 299 cm³/mol. The van der Waals surface area contributed by atoms with Crippen LogP contribution in [-0.2, 0) is 0 Å². The van der Waals surface area contributed by atoms with Crippen LogP contribution < -0.4 is 9.80 Å². The van der Waals surface area contributed by atoms with Crippen molar-refractivity contribution >= 4 is 57.6 Å². The molecule has 0 saturated carbocycles. The number of hydrogen-bond acceptors (Lipinski definition) is 9. The molecule has 346 valence electrons. The highest BCUT2D eigenvalue weighted by molar-refractivity contribution is 8.00. The molecule has 0 atom stereocenters. The number of rotatable bonds is 8. The van der Waals surface area contributed by atoms with E-state index in [1.807, 2.05) is 66.7 Å². The zero-order chi connectivity index (χ0) is 49.5. The number of nitrogens with zero attached hydrogens (tertiary/aromatic N) is 7. The van der Waals surface area contributed by atoms with Crippen LogP contribution in [0.1, 0.15) is 11.1 Å². The first-order valence-electron chi connectivity index (χ1n) is 24.1. The number of anilines is 6. The first kappa shape index (κ1) is 44.4. The molecule has 0 aliphatic carbocycles. The fraction of sp³-hybridized carbons (Fsp3) is 0. The second-order valence-corrected chi connectivity index (χ2v) is 20.0. The third-order valence-electron chi connectivity index (χ3n) is 13.4. The summed E-state index contributed by atoms with van der Waals surface area (Å²) in [5.41, 5.74) is 15.5. The maximum Gasteiger partial charge on any atom is 0.166 e. The topological polar surface area (TPSA) is 92.7 Å². The lowest BCUT2D eigenvalue weighted by atomic mass is 9.98. The Balaban J connectivity index is 1.08. The number of benzene rings is 10. The van der Waals surface area contributed by atoms with Gasteiger partial charge in [0.25, 0.3) is 0 Å². The van der Waals surface area contributed by atoms with Crippen molar-refractivity contribution in [2.24, 2.45) is 0 Å². The van der Waals surface area contributed by atoms with E-state index in [1.165, 1.54) is 0 Å². The minimum absolute atomic E-state index is 0.490. The summed E-state index contributed by atoms with van der Waals surface area (Å²) < 4.78 is 0. The fourth-order valence-corrected chi connectivity index (χ4v) is 11.9. The molecule has 7 nitrogen and oxygen atoms in total. The number of aromatic nitrogens is 3. The molecule has 9 heteroatoms. The Hall–Kier alpha value is -9.51. The largest absolute Gasteiger partial charge is 0.307 e. The standard InChI is InChI=1S/C65H39N7S2/c66-40-42-14-12-18-47(36-42)45-28-30-46(31-29-45)63-68-64(51-34-32-49(44-16-2-1-3-17-44)38-57(51)71-53-20-4-8-24-59(53)73-60-25-9-5-21-54(60)71)70-65(69-63)52-35-33-50(48-19-13-15-43(37-48)41-67)39-58(52)72-55-22-6-10-26-61(55)74-62-27-11-7-23-56(62)72/h1-39H. The van der Waals surface area contributed by atoms with Gasteiger partial charge in [-0.2, -0.15) is 10.5 Å². The van der Waals surface area contributed by atoms with E-state index in [0.29, 0.717) is 28.6 Å². The van der Waals surface area contributed by atoms with Gasteiger partial charge in [-0.1, -0.05) is 163 Å². The Morgan fingerprint density at radius 2 is 0.622 bits per heavy atom. The van der Waals surface area contributed by atoms with Crippen LogP contribution in [0.25, 0.3) is 67.5 Å². The highest BCUT2D eigenvalue weighted by Gasteiger charge is 2.31. The molecule has 0 N–H and O–H groups in total. The molecular formula is C65H39N7S2. The van der Waals surface area contributed by atoms with E-state index in [-0.39, 0.29) is 0 Å². The van der Waals surface area contributed by atoms with E-state index in [0.717, 1.165) is 104 Å². The number of para-hydroxylation sites is 4. The van der Waals surface area contributed by atoms with Crippen molar-refractivity contribution in [3.63, 3.8) is 0 Å². The van der Waals surface area contributed by atoms with Crippen molar-refractivity contribution in [1.82, 2.24) is 15.0 Å². The van der Waals surface area contributed by atoms with Gasteiger partial charge in [0.15, 0.2) is 17.5 Å². The predicted octanol–water partition coefficient (Wildman–Crippen LogP) is 17.5. The summed E-state index contributed by atoms with van der Waals surface area (Å²) in [4.78, 5) is 25.7. The summed E-state index contributed by atoms with van der Waals surface area (Å²) in [5.74, 6) is 1.50. The maximum atomic E-state index is 9.99. The minimum Gasteiger partial charge on any atom is -0.307 e. The Morgan fingerprint density at radius 3 is 1.08 bits per heavy atom. The molecule has 0 bridgehead atoms. The second-order valence-electron chi connectivity index (χ2n) is 17.8. The zero-order valence-corrected chi connectivity index (χ0v) is 41.1. The highest BCUT2D eigenvalue weighted by atomic mass is 32.2. The quantitative estimate of drug-likeness (QED) is 0.148. The summed E-state index contributed by atoms with van der Waals surface area (Å²) in [6.07, 6.45) is 0. The molecule has 0 spiro atoms. The van der Waals surface area contributed by atoms with Gasteiger partial charge in [0, 0.05) is 36.3 Å². The van der Waals surface area contributed by atoms with Crippen molar-refractivity contribution < 1.29 is 0 Å². The summed E-state index contributed by atoms with van der Waals surface area (Å²) in [6.45, 7) is 0. The van der Waals surface area contributed by atoms with Crippen LogP contribution in [0.3, 0.4) is 0 Å². The monoisotopic (exact) mass is 981 g/mol. The van der Waals surface area contributed by atoms with Crippen LogP contribution in [-0.4, -0.2) is 15.0 Å². The van der Waals surface area contributed by atoms with Gasteiger partial charge in [-0.3, -0.25) is 0 Å². The van der Waals surface area contributed by atoms with Gasteiger partial charge in [0.2, 0.25) is 0 Å². The Labute approximate surface area is 437 Å². The van der Waals surface area contributed by atoms with Gasteiger partial charge in [-0.15, -0.1) is 0 Å². The fourth-order valence-electron chi connectivity index (χ4n) is 9.82. The molecule has 0 radical (unpaired) electrons. The average Bonchev–Trinajstić information content (AvgIpc) is 3.50. The molecule has 2 aliphatic heterocycles. The molecular weight excluding hydrogens is 943 g/mol. The molecule has 11 aromatic rings. The number of nitriles is 2. The van der Waals surface area contributed by atoms with Gasteiger partial charge in [0.1, 0.15) is 0 Å². The molecule has 3 heterocycles. The highest BCUT2D eigenvalue weighted by Crippen LogP contribution is 2.55. The van der Waals surface area contributed by atoms with E-state index >= 15 is 0 Å². The normalized spacial score (nSPS) is 12.1. The van der Waals surface area contributed by atoms with E-state index < -0.39 is 0 Å². The lowest BCUT2D eigenvalue weighted by Gasteiger charge is -2.34. The van der Waals surface area contributed by atoms with E-state index in [2.05, 4.69) is 192 Å². The lowest BCUT2D eigenvalue weighted by molar-refractivity contribution is 1.07. The summed E-state index contributed by atoms with van der Waals surface area (Å²) in [7, 11) is 0. The lowest BCUT2D eigenvalue weighted by Crippen LogP contribution is -2.17.